The Hall–Kier alpha value is -1.10. The first kappa shape index (κ1) is 14.0. The molecule has 0 spiro atoms. The largest absolute Gasteiger partial charge is 0.389 e. The van der Waals surface area contributed by atoms with Crippen LogP contribution < -0.4 is 5.32 Å². The molecule has 1 aromatic carbocycles. The average molecular weight is 249 g/mol. The minimum atomic E-state index is -4.16. The smallest absolute Gasteiger partial charge is 0.310 e. The fourth-order valence-electron chi connectivity index (χ4n) is 1.64. The van der Waals surface area contributed by atoms with Crippen molar-refractivity contribution in [1.29, 1.82) is 0 Å². The summed E-state index contributed by atoms with van der Waals surface area (Å²) in [4.78, 5) is 0. The summed E-state index contributed by atoms with van der Waals surface area (Å²) in [6.45, 7) is 2.39. The number of benzene rings is 1. The third-order valence-corrected chi connectivity index (χ3v) is 2.44. The number of nitrogens with one attached hydrogen (secondary N) is 1. The highest BCUT2D eigenvalue weighted by Gasteiger charge is 2.28. The molecule has 1 atom stereocenters. The van der Waals surface area contributed by atoms with Gasteiger partial charge in [0.15, 0.2) is 0 Å². The van der Waals surface area contributed by atoms with Crippen LogP contribution in [0.4, 0.5) is 17.6 Å². The first-order chi connectivity index (χ1) is 7.92. The maximum atomic E-state index is 12.7. The zero-order valence-electron chi connectivity index (χ0n) is 9.52. The molecule has 0 amide bonds. The number of alkyl halides is 3. The van der Waals surface area contributed by atoms with Crippen molar-refractivity contribution in [1.82, 2.24) is 5.32 Å². The van der Waals surface area contributed by atoms with Gasteiger partial charge >= 0.3 is 6.18 Å². The lowest BCUT2D eigenvalue weighted by Gasteiger charge is -2.19. The maximum absolute atomic E-state index is 12.7. The Labute approximate surface area is 97.8 Å². The number of halogens is 4. The summed E-state index contributed by atoms with van der Waals surface area (Å²) in [5.41, 5.74) is 0.678. The molecule has 0 aliphatic carbocycles. The molecular weight excluding hydrogens is 234 g/mol. The van der Waals surface area contributed by atoms with Gasteiger partial charge in [-0.1, -0.05) is 19.1 Å². The van der Waals surface area contributed by atoms with E-state index in [-0.39, 0.29) is 18.3 Å². The van der Waals surface area contributed by atoms with Gasteiger partial charge in [-0.2, -0.15) is 13.2 Å². The van der Waals surface area contributed by atoms with Gasteiger partial charge in [0.05, 0.1) is 0 Å². The number of hydrogen-bond acceptors (Lipinski definition) is 1. The Bertz CT molecular complexity index is 331. The quantitative estimate of drug-likeness (QED) is 0.782. The summed E-state index contributed by atoms with van der Waals surface area (Å²) in [5.74, 6) is -0.389. The second kappa shape index (κ2) is 6.00. The van der Waals surface area contributed by atoms with E-state index in [1.165, 1.54) is 24.3 Å². The van der Waals surface area contributed by atoms with E-state index in [1.807, 2.05) is 6.92 Å². The lowest BCUT2D eigenvalue weighted by atomic mass is 10.0. The molecule has 0 saturated heterocycles. The molecule has 0 heterocycles. The van der Waals surface area contributed by atoms with E-state index in [4.69, 9.17) is 0 Å². The van der Waals surface area contributed by atoms with E-state index in [1.54, 1.807) is 0 Å². The van der Waals surface area contributed by atoms with Gasteiger partial charge in [0.1, 0.15) is 5.82 Å². The fourth-order valence-corrected chi connectivity index (χ4v) is 1.64. The molecule has 1 unspecified atom stereocenters. The fraction of sp³-hybridized carbons (Fsp3) is 0.500. The van der Waals surface area contributed by atoms with Crippen LogP contribution in [0.1, 0.15) is 31.4 Å². The summed E-state index contributed by atoms with van der Waals surface area (Å²) in [7, 11) is 0. The van der Waals surface area contributed by atoms with Crippen molar-refractivity contribution in [2.75, 3.05) is 6.54 Å². The minimum absolute atomic E-state index is 0.0387. The van der Waals surface area contributed by atoms with Crippen LogP contribution in [0.25, 0.3) is 0 Å². The summed E-state index contributed by atoms with van der Waals surface area (Å²) < 4.78 is 49.2. The molecule has 0 fully saturated rings. The highest BCUT2D eigenvalue weighted by molar-refractivity contribution is 5.19. The molecular formula is C12H15F4N. The molecule has 0 bridgehead atoms. The molecule has 1 rings (SSSR count). The molecule has 5 heteroatoms. The zero-order chi connectivity index (χ0) is 12.9. The van der Waals surface area contributed by atoms with E-state index >= 15 is 0 Å². The molecule has 1 N–H and O–H groups in total. The summed E-state index contributed by atoms with van der Waals surface area (Å²) >= 11 is 0. The topological polar surface area (TPSA) is 12.0 Å². The predicted octanol–water partition coefficient (Wildman–Crippen LogP) is 3.82. The first-order valence-corrected chi connectivity index (χ1v) is 5.48. The molecule has 96 valence electrons. The lowest BCUT2D eigenvalue weighted by Crippen LogP contribution is -2.23. The van der Waals surface area contributed by atoms with Crippen LogP contribution >= 0.6 is 0 Å². The van der Waals surface area contributed by atoms with Gasteiger partial charge in [-0.15, -0.1) is 0 Å². The van der Waals surface area contributed by atoms with Gasteiger partial charge in [0.25, 0.3) is 0 Å². The first-order valence-electron chi connectivity index (χ1n) is 5.48. The van der Waals surface area contributed by atoms with E-state index in [0.717, 1.165) is 0 Å². The van der Waals surface area contributed by atoms with Gasteiger partial charge in [-0.3, -0.25) is 0 Å². The standard InChI is InChI=1S/C12H15F4N/c1-2-17-11(7-8-12(14,15)16)9-3-5-10(13)6-4-9/h3-6,11,17H,2,7-8H2,1H3. The lowest BCUT2D eigenvalue weighted by molar-refractivity contribution is -0.136. The SMILES string of the molecule is CCNC(CCC(F)(F)F)c1ccc(F)cc1. The third kappa shape index (κ3) is 5.17. The van der Waals surface area contributed by atoms with Crippen LogP contribution in [0.2, 0.25) is 0 Å². The Morgan fingerprint density at radius 3 is 2.24 bits per heavy atom. The van der Waals surface area contributed by atoms with Crippen LogP contribution in [0.5, 0.6) is 0 Å². The van der Waals surface area contributed by atoms with Gasteiger partial charge in [0.2, 0.25) is 0 Å². The molecule has 0 radical (unpaired) electrons. The molecule has 1 nitrogen and oxygen atoms in total. The average Bonchev–Trinajstić information content (AvgIpc) is 2.24. The molecule has 0 aliphatic heterocycles. The van der Waals surface area contributed by atoms with Crippen LogP contribution in [-0.2, 0) is 0 Å². The van der Waals surface area contributed by atoms with E-state index in [2.05, 4.69) is 5.32 Å². The number of rotatable bonds is 5. The Balaban J connectivity index is 2.68. The van der Waals surface area contributed by atoms with Crippen LogP contribution in [0.15, 0.2) is 24.3 Å². The zero-order valence-corrected chi connectivity index (χ0v) is 9.52. The highest BCUT2D eigenvalue weighted by atomic mass is 19.4. The molecule has 0 saturated carbocycles. The second-order valence-electron chi connectivity index (χ2n) is 3.82. The second-order valence-corrected chi connectivity index (χ2v) is 3.82. The van der Waals surface area contributed by atoms with Crippen molar-refractivity contribution in [2.24, 2.45) is 0 Å². The third-order valence-electron chi connectivity index (χ3n) is 2.44. The normalized spacial score (nSPS) is 13.7. The van der Waals surface area contributed by atoms with Gasteiger partial charge in [0, 0.05) is 12.5 Å². The highest BCUT2D eigenvalue weighted by Crippen LogP contribution is 2.27. The molecule has 17 heavy (non-hydrogen) atoms. The van der Waals surface area contributed by atoms with E-state index in [0.29, 0.717) is 12.1 Å². The van der Waals surface area contributed by atoms with Crippen LogP contribution in [-0.4, -0.2) is 12.7 Å². The van der Waals surface area contributed by atoms with Gasteiger partial charge in [-0.25, -0.2) is 4.39 Å². The number of hydrogen-bond donors (Lipinski definition) is 1. The maximum Gasteiger partial charge on any atom is 0.389 e. The van der Waals surface area contributed by atoms with Gasteiger partial charge < -0.3 is 5.32 Å². The molecule has 0 aromatic heterocycles. The van der Waals surface area contributed by atoms with Crippen LogP contribution in [0.3, 0.4) is 0 Å². The van der Waals surface area contributed by atoms with Crippen molar-refractivity contribution >= 4 is 0 Å². The minimum Gasteiger partial charge on any atom is -0.310 e. The van der Waals surface area contributed by atoms with Crippen molar-refractivity contribution in [3.63, 3.8) is 0 Å². The molecule has 0 aliphatic rings. The monoisotopic (exact) mass is 249 g/mol. The Morgan fingerprint density at radius 1 is 1.18 bits per heavy atom. The summed E-state index contributed by atoms with van der Waals surface area (Å²) in [6.07, 6.45) is -5.04. The van der Waals surface area contributed by atoms with E-state index in [9.17, 15) is 17.6 Å². The molecule has 1 aromatic rings. The Kier molecular flexibility index (Phi) is 4.93. The van der Waals surface area contributed by atoms with Crippen molar-refractivity contribution in [2.45, 2.75) is 32.0 Å². The Morgan fingerprint density at radius 2 is 1.76 bits per heavy atom. The predicted molar refractivity (Wildman–Crippen MR) is 58.1 cm³/mol. The van der Waals surface area contributed by atoms with Crippen molar-refractivity contribution in [3.8, 4) is 0 Å². The van der Waals surface area contributed by atoms with Gasteiger partial charge in [-0.05, 0) is 30.7 Å². The van der Waals surface area contributed by atoms with Crippen LogP contribution in [0, 0.1) is 5.82 Å². The van der Waals surface area contributed by atoms with Crippen molar-refractivity contribution < 1.29 is 17.6 Å². The van der Waals surface area contributed by atoms with E-state index < -0.39 is 12.6 Å². The summed E-state index contributed by atoms with van der Waals surface area (Å²) in [6, 6.07) is 5.15. The van der Waals surface area contributed by atoms with Crippen molar-refractivity contribution in [3.05, 3.63) is 35.6 Å². The summed E-state index contributed by atoms with van der Waals surface area (Å²) in [5, 5.41) is 2.97.